The zero-order valence-electron chi connectivity index (χ0n) is 13.2. The fourth-order valence-corrected chi connectivity index (χ4v) is 3.86. The molecule has 2 aliphatic rings. The van der Waals surface area contributed by atoms with Crippen molar-refractivity contribution < 1.29 is 9.53 Å². The minimum Gasteiger partial charge on any atom is -0.465 e. The lowest BCUT2D eigenvalue weighted by atomic mass is 9.91. The molecule has 0 bridgehead atoms. The highest BCUT2D eigenvalue weighted by molar-refractivity contribution is 5.76. The third kappa shape index (κ3) is 3.95. The van der Waals surface area contributed by atoms with Gasteiger partial charge in [0.15, 0.2) is 0 Å². The van der Waals surface area contributed by atoms with Gasteiger partial charge in [0, 0.05) is 18.6 Å². The molecule has 0 radical (unpaired) electrons. The Morgan fingerprint density at radius 1 is 1.30 bits per heavy atom. The van der Waals surface area contributed by atoms with Crippen molar-refractivity contribution in [2.75, 3.05) is 19.7 Å². The van der Waals surface area contributed by atoms with Crippen LogP contribution in [0.3, 0.4) is 0 Å². The SMILES string of the molecule is CCOC(=O)C(CN1CCCC2CCCC21)NC(C)C. The Kier molecular flexibility index (Phi) is 5.85. The van der Waals surface area contributed by atoms with Gasteiger partial charge in [-0.3, -0.25) is 9.69 Å². The van der Waals surface area contributed by atoms with Gasteiger partial charge >= 0.3 is 5.97 Å². The van der Waals surface area contributed by atoms with E-state index in [0.717, 1.165) is 19.0 Å². The first-order valence-electron chi connectivity index (χ1n) is 8.28. The summed E-state index contributed by atoms with van der Waals surface area (Å²) in [5, 5.41) is 3.38. The maximum atomic E-state index is 12.1. The van der Waals surface area contributed by atoms with Gasteiger partial charge in [-0.15, -0.1) is 0 Å². The van der Waals surface area contributed by atoms with Gasteiger partial charge in [-0.2, -0.15) is 0 Å². The molecule has 1 aliphatic carbocycles. The first kappa shape index (κ1) is 15.8. The molecule has 3 unspecified atom stereocenters. The summed E-state index contributed by atoms with van der Waals surface area (Å²) in [4.78, 5) is 14.7. The third-order valence-corrected chi connectivity index (χ3v) is 4.63. The molecule has 20 heavy (non-hydrogen) atoms. The van der Waals surface area contributed by atoms with E-state index in [1.807, 2.05) is 6.92 Å². The number of nitrogens with one attached hydrogen (secondary N) is 1. The van der Waals surface area contributed by atoms with Crippen molar-refractivity contribution in [1.29, 1.82) is 0 Å². The van der Waals surface area contributed by atoms with Crippen molar-refractivity contribution in [2.24, 2.45) is 5.92 Å². The predicted molar refractivity (Wildman–Crippen MR) is 80.6 cm³/mol. The lowest BCUT2D eigenvalue weighted by molar-refractivity contribution is -0.146. The van der Waals surface area contributed by atoms with E-state index in [9.17, 15) is 4.79 Å². The number of ether oxygens (including phenoxy) is 1. The number of hydrogen-bond acceptors (Lipinski definition) is 4. The summed E-state index contributed by atoms with van der Waals surface area (Å²) in [6, 6.07) is 0.817. The lowest BCUT2D eigenvalue weighted by Crippen LogP contribution is -2.53. The van der Waals surface area contributed by atoms with E-state index >= 15 is 0 Å². The first-order valence-corrected chi connectivity index (χ1v) is 8.28. The molecule has 1 aliphatic heterocycles. The summed E-state index contributed by atoms with van der Waals surface area (Å²) in [7, 11) is 0. The second-order valence-corrected chi connectivity index (χ2v) is 6.52. The van der Waals surface area contributed by atoms with Gasteiger partial charge in [0.25, 0.3) is 0 Å². The van der Waals surface area contributed by atoms with Crippen LogP contribution >= 0.6 is 0 Å². The topological polar surface area (TPSA) is 41.6 Å². The highest BCUT2D eigenvalue weighted by Gasteiger charge is 2.37. The van der Waals surface area contributed by atoms with Crippen LogP contribution in [0.15, 0.2) is 0 Å². The number of esters is 1. The maximum Gasteiger partial charge on any atom is 0.324 e. The van der Waals surface area contributed by atoms with E-state index in [1.54, 1.807) is 0 Å². The zero-order chi connectivity index (χ0) is 14.5. The average Bonchev–Trinajstić information content (AvgIpc) is 2.87. The molecule has 0 aromatic rings. The molecule has 1 heterocycles. The number of carbonyl (C=O) groups is 1. The van der Waals surface area contributed by atoms with Gasteiger partial charge in [0.05, 0.1) is 6.61 Å². The van der Waals surface area contributed by atoms with E-state index in [4.69, 9.17) is 4.74 Å². The van der Waals surface area contributed by atoms with Gasteiger partial charge in [0.1, 0.15) is 6.04 Å². The molecule has 2 fully saturated rings. The highest BCUT2D eigenvalue weighted by Crippen LogP contribution is 2.36. The molecule has 4 heteroatoms. The van der Waals surface area contributed by atoms with Crippen molar-refractivity contribution in [3.8, 4) is 0 Å². The van der Waals surface area contributed by atoms with Crippen LogP contribution in [0.4, 0.5) is 0 Å². The number of nitrogens with zero attached hydrogens (tertiary/aromatic N) is 1. The summed E-state index contributed by atoms with van der Waals surface area (Å²) in [5.74, 6) is 0.770. The van der Waals surface area contributed by atoms with Gasteiger partial charge in [0.2, 0.25) is 0 Å². The summed E-state index contributed by atoms with van der Waals surface area (Å²) in [6.07, 6.45) is 6.69. The maximum absolute atomic E-state index is 12.1. The molecule has 2 rings (SSSR count). The van der Waals surface area contributed by atoms with Crippen molar-refractivity contribution in [1.82, 2.24) is 10.2 Å². The molecule has 0 spiro atoms. The summed E-state index contributed by atoms with van der Waals surface area (Å²) in [6.45, 7) is 8.44. The quantitative estimate of drug-likeness (QED) is 0.758. The number of piperidine rings is 1. The Labute approximate surface area is 123 Å². The molecule has 0 aromatic heterocycles. The molecule has 1 N–H and O–H groups in total. The predicted octanol–water partition coefficient (Wildman–Crippen LogP) is 2.18. The van der Waals surface area contributed by atoms with Crippen LogP contribution in [0.1, 0.15) is 52.9 Å². The van der Waals surface area contributed by atoms with Crippen LogP contribution in [0.2, 0.25) is 0 Å². The second-order valence-electron chi connectivity index (χ2n) is 6.52. The highest BCUT2D eigenvalue weighted by atomic mass is 16.5. The van der Waals surface area contributed by atoms with Crippen LogP contribution in [0, 0.1) is 5.92 Å². The smallest absolute Gasteiger partial charge is 0.324 e. The van der Waals surface area contributed by atoms with E-state index in [2.05, 4.69) is 24.1 Å². The number of rotatable bonds is 6. The van der Waals surface area contributed by atoms with E-state index in [-0.39, 0.29) is 12.0 Å². The Balaban J connectivity index is 1.96. The minimum absolute atomic E-state index is 0.0960. The number of carbonyl (C=O) groups excluding carboxylic acids is 1. The van der Waals surface area contributed by atoms with Crippen molar-refractivity contribution in [2.45, 2.75) is 71.0 Å². The second kappa shape index (κ2) is 7.41. The Hall–Kier alpha value is -0.610. The van der Waals surface area contributed by atoms with Gasteiger partial charge in [-0.1, -0.05) is 20.3 Å². The van der Waals surface area contributed by atoms with Crippen LogP contribution in [0.25, 0.3) is 0 Å². The number of hydrogen-bond donors (Lipinski definition) is 1. The molecule has 1 saturated heterocycles. The lowest BCUT2D eigenvalue weighted by Gasteiger charge is -2.39. The Bertz CT molecular complexity index is 320. The summed E-state index contributed by atoms with van der Waals surface area (Å²) in [5.41, 5.74) is 0. The zero-order valence-corrected chi connectivity index (χ0v) is 13.2. The molecule has 3 atom stereocenters. The van der Waals surface area contributed by atoms with E-state index in [1.165, 1.54) is 32.1 Å². The van der Waals surface area contributed by atoms with Crippen molar-refractivity contribution in [3.05, 3.63) is 0 Å². The average molecular weight is 282 g/mol. The molecular formula is C16H30N2O2. The van der Waals surface area contributed by atoms with E-state index < -0.39 is 0 Å². The molecule has 1 saturated carbocycles. The first-order chi connectivity index (χ1) is 9.61. The Morgan fingerprint density at radius 3 is 2.75 bits per heavy atom. The number of likely N-dealkylation sites (tertiary alicyclic amines) is 1. The van der Waals surface area contributed by atoms with Crippen LogP contribution in [-0.2, 0) is 9.53 Å². The molecule has 0 aromatic carbocycles. The van der Waals surface area contributed by atoms with Crippen molar-refractivity contribution >= 4 is 5.97 Å². The van der Waals surface area contributed by atoms with Gasteiger partial charge < -0.3 is 10.1 Å². The monoisotopic (exact) mass is 282 g/mol. The largest absolute Gasteiger partial charge is 0.465 e. The summed E-state index contributed by atoms with van der Waals surface area (Å²) >= 11 is 0. The fraction of sp³-hybridized carbons (Fsp3) is 0.938. The molecule has 4 nitrogen and oxygen atoms in total. The molecular weight excluding hydrogens is 252 g/mol. The standard InChI is InChI=1S/C16H30N2O2/c1-4-20-16(19)14(17-12(2)3)11-18-10-6-8-13-7-5-9-15(13)18/h12-15,17H,4-11H2,1-3H3. The van der Waals surface area contributed by atoms with Crippen LogP contribution in [0.5, 0.6) is 0 Å². The van der Waals surface area contributed by atoms with Crippen molar-refractivity contribution in [3.63, 3.8) is 0 Å². The third-order valence-electron chi connectivity index (χ3n) is 4.63. The Morgan fingerprint density at radius 2 is 2.05 bits per heavy atom. The van der Waals surface area contributed by atoms with Gasteiger partial charge in [-0.25, -0.2) is 0 Å². The normalized spacial score (nSPS) is 28.4. The minimum atomic E-state index is -0.186. The van der Waals surface area contributed by atoms with Crippen LogP contribution in [-0.4, -0.2) is 48.7 Å². The number of fused-ring (bicyclic) bond motifs is 1. The summed E-state index contributed by atoms with van der Waals surface area (Å²) < 4.78 is 5.23. The fourth-order valence-electron chi connectivity index (χ4n) is 3.86. The van der Waals surface area contributed by atoms with Gasteiger partial charge in [-0.05, 0) is 45.1 Å². The molecule has 116 valence electrons. The van der Waals surface area contributed by atoms with Crippen LogP contribution < -0.4 is 5.32 Å². The molecule has 0 amide bonds. The van der Waals surface area contributed by atoms with E-state index in [0.29, 0.717) is 18.7 Å².